The molecule has 4 rings (SSSR count). The Balaban J connectivity index is 1.42. The van der Waals surface area contributed by atoms with E-state index < -0.39 is 0 Å². The minimum atomic E-state index is -0.208. The van der Waals surface area contributed by atoms with Crippen LogP contribution in [0.2, 0.25) is 0 Å². The number of carbonyl (C=O) groups excluding carboxylic acids is 1. The van der Waals surface area contributed by atoms with Crippen molar-refractivity contribution in [3.8, 4) is 17.1 Å². The lowest BCUT2D eigenvalue weighted by molar-refractivity contribution is -0.118. The van der Waals surface area contributed by atoms with Gasteiger partial charge < -0.3 is 10.1 Å². The van der Waals surface area contributed by atoms with E-state index in [0.717, 1.165) is 42.0 Å². The van der Waals surface area contributed by atoms with Crippen LogP contribution >= 0.6 is 0 Å². The van der Waals surface area contributed by atoms with E-state index in [-0.39, 0.29) is 12.5 Å². The van der Waals surface area contributed by atoms with E-state index >= 15 is 0 Å². The number of para-hydroxylation sites is 1. The lowest BCUT2D eigenvalue weighted by Crippen LogP contribution is -2.20. The van der Waals surface area contributed by atoms with Crippen LogP contribution in [0, 0.1) is 0 Å². The molecule has 1 amide bonds. The summed E-state index contributed by atoms with van der Waals surface area (Å²) in [6.45, 7) is 2.02. The maximum atomic E-state index is 12.3. The Kier molecular flexibility index (Phi) is 4.82. The number of carbonyl (C=O) groups is 1. The number of benzene rings is 2. The molecule has 7 nitrogen and oxygen atoms in total. The Morgan fingerprint density at radius 3 is 2.89 bits per heavy atom. The number of rotatable bonds is 7. The van der Waals surface area contributed by atoms with Gasteiger partial charge in [0, 0.05) is 11.3 Å². The van der Waals surface area contributed by atoms with Gasteiger partial charge in [-0.1, -0.05) is 37.3 Å². The van der Waals surface area contributed by atoms with Gasteiger partial charge in [-0.2, -0.15) is 0 Å². The summed E-state index contributed by atoms with van der Waals surface area (Å²) in [5, 5.41) is 14.9. The highest BCUT2D eigenvalue weighted by molar-refractivity contribution is 5.92. The lowest BCUT2D eigenvalue weighted by atomic mass is 10.1. The summed E-state index contributed by atoms with van der Waals surface area (Å²) in [7, 11) is 0. The number of tetrazole rings is 1. The van der Waals surface area contributed by atoms with Gasteiger partial charge in [-0.25, -0.2) is 4.68 Å². The Morgan fingerprint density at radius 2 is 2.07 bits per heavy atom. The predicted molar refractivity (Wildman–Crippen MR) is 101 cm³/mol. The average molecular weight is 363 g/mol. The monoisotopic (exact) mass is 363 g/mol. The number of aromatic nitrogens is 4. The molecule has 138 valence electrons. The summed E-state index contributed by atoms with van der Waals surface area (Å²) < 4.78 is 7.53. The summed E-state index contributed by atoms with van der Waals surface area (Å²) in [6.07, 6.45) is 3.06. The molecular weight excluding hydrogens is 342 g/mol. The van der Waals surface area contributed by atoms with Gasteiger partial charge in [-0.3, -0.25) is 4.79 Å². The van der Waals surface area contributed by atoms with Gasteiger partial charge in [0.2, 0.25) is 0 Å². The summed E-state index contributed by atoms with van der Waals surface area (Å²) in [6, 6.07) is 15.7. The van der Waals surface area contributed by atoms with E-state index in [4.69, 9.17) is 4.74 Å². The van der Waals surface area contributed by atoms with Crippen LogP contribution in [0.1, 0.15) is 31.4 Å². The molecule has 1 heterocycles. The first-order valence-electron chi connectivity index (χ1n) is 9.13. The number of nitrogens with one attached hydrogen (secondary N) is 1. The van der Waals surface area contributed by atoms with Crippen LogP contribution < -0.4 is 10.1 Å². The van der Waals surface area contributed by atoms with Crippen molar-refractivity contribution in [1.29, 1.82) is 0 Å². The first kappa shape index (κ1) is 17.2. The molecule has 27 heavy (non-hydrogen) atoms. The first-order chi connectivity index (χ1) is 13.2. The Bertz CT molecular complexity index is 949. The van der Waals surface area contributed by atoms with Crippen LogP contribution in [0.3, 0.4) is 0 Å². The van der Waals surface area contributed by atoms with Gasteiger partial charge in [0.1, 0.15) is 5.75 Å². The summed E-state index contributed by atoms with van der Waals surface area (Å²) >= 11 is 0. The molecule has 0 bridgehead atoms. The minimum Gasteiger partial charge on any atom is -0.483 e. The van der Waals surface area contributed by atoms with Crippen molar-refractivity contribution < 1.29 is 9.53 Å². The highest BCUT2D eigenvalue weighted by Crippen LogP contribution is 2.36. The van der Waals surface area contributed by atoms with Crippen LogP contribution in [0.15, 0.2) is 48.5 Å². The third kappa shape index (κ3) is 3.97. The first-order valence-corrected chi connectivity index (χ1v) is 9.13. The van der Waals surface area contributed by atoms with Crippen LogP contribution in [0.5, 0.6) is 5.75 Å². The molecule has 7 heteroatoms. The maximum absolute atomic E-state index is 12.3. The predicted octanol–water partition coefficient (Wildman–Crippen LogP) is 3.25. The topological polar surface area (TPSA) is 81.9 Å². The fourth-order valence-corrected chi connectivity index (χ4v) is 2.96. The van der Waals surface area contributed by atoms with Gasteiger partial charge in [-0.05, 0) is 53.5 Å². The number of nitrogens with zero attached hydrogens (tertiary/aromatic N) is 4. The van der Waals surface area contributed by atoms with Gasteiger partial charge in [0.05, 0.1) is 6.04 Å². The number of anilines is 1. The van der Waals surface area contributed by atoms with Crippen molar-refractivity contribution in [2.45, 2.75) is 32.2 Å². The van der Waals surface area contributed by atoms with E-state index in [0.29, 0.717) is 11.7 Å². The zero-order valence-electron chi connectivity index (χ0n) is 15.1. The van der Waals surface area contributed by atoms with E-state index in [1.807, 2.05) is 53.2 Å². The number of amides is 1. The molecule has 1 aliphatic carbocycles. The van der Waals surface area contributed by atoms with Crippen LogP contribution in [0.4, 0.5) is 5.69 Å². The van der Waals surface area contributed by atoms with Crippen molar-refractivity contribution in [1.82, 2.24) is 20.2 Å². The molecule has 1 fully saturated rings. The molecule has 2 aromatic carbocycles. The average Bonchev–Trinajstić information content (AvgIpc) is 3.43. The number of aryl methyl sites for hydroxylation is 1. The molecule has 0 saturated heterocycles. The lowest BCUT2D eigenvalue weighted by Gasteiger charge is -2.11. The number of hydrogen-bond donors (Lipinski definition) is 1. The zero-order valence-corrected chi connectivity index (χ0v) is 15.1. The SMILES string of the molecule is CCc1ccccc1OCC(=O)Nc1cccc(-c2nnnn2C2CC2)c1. The molecular formula is C20H21N5O2. The molecule has 1 aliphatic rings. The van der Waals surface area contributed by atoms with Crippen LogP contribution in [0.25, 0.3) is 11.4 Å². The minimum absolute atomic E-state index is 0.0406. The molecule has 0 unspecified atom stereocenters. The highest BCUT2D eigenvalue weighted by atomic mass is 16.5. The largest absolute Gasteiger partial charge is 0.483 e. The van der Waals surface area contributed by atoms with Gasteiger partial charge in [0.15, 0.2) is 12.4 Å². The maximum Gasteiger partial charge on any atom is 0.262 e. The quantitative estimate of drug-likeness (QED) is 0.697. The zero-order chi connectivity index (χ0) is 18.6. The number of ether oxygens (including phenoxy) is 1. The van der Waals surface area contributed by atoms with Gasteiger partial charge >= 0.3 is 0 Å². The summed E-state index contributed by atoms with van der Waals surface area (Å²) in [4.78, 5) is 12.3. The molecule has 0 atom stereocenters. The van der Waals surface area contributed by atoms with E-state index in [9.17, 15) is 4.79 Å². The molecule has 1 N–H and O–H groups in total. The van der Waals surface area contributed by atoms with Crippen molar-refractivity contribution in [3.63, 3.8) is 0 Å². The second kappa shape index (κ2) is 7.57. The van der Waals surface area contributed by atoms with Crippen LogP contribution in [-0.2, 0) is 11.2 Å². The second-order valence-electron chi connectivity index (χ2n) is 6.56. The van der Waals surface area contributed by atoms with Crippen LogP contribution in [-0.4, -0.2) is 32.7 Å². The van der Waals surface area contributed by atoms with Gasteiger partial charge in [-0.15, -0.1) is 5.10 Å². The second-order valence-corrected chi connectivity index (χ2v) is 6.56. The van der Waals surface area contributed by atoms with E-state index in [2.05, 4.69) is 27.8 Å². The standard InChI is InChI=1S/C20H21N5O2/c1-2-14-6-3-4-9-18(14)27-13-19(26)21-16-8-5-7-15(12-16)20-22-23-24-25(20)17-10-11-17/h3-9,12,17H,2,10-11,13H2,1H3,(H,21,26). The fourth-order valence-electron chi connectivity index (χ4n) is 2.96. The molecule has 3 aromatic rings. The summed E-state index contributed by atoms with van der Waals surface area (Å²) in [5.74, 6) is 1.26. The van der Waals surface area contributed by atoms with E-state index in [1.165, 1.54) is 0 Å². The van der Waals surface area contributed by atoms with Gasteiger partial charge in [0.25, 0.3) is 5.91 Å². The highest BCUT2D eigenvalue weighted by Gasteiger charge is 2.28. The Morgan fingerprint density at radius 1 is 1.22 bits per heavy atom. The Labute approximate surface area is 157 Å². The van der Waals surface area contributed by atoms with Crippen molar-refractivity contribution in [2.24, 2.45) is 0 Å². The van der Waals surface area contributed by atoms with Crippen molar-refractivity contribution >= 4 is 11.6 Å². The van der Waals surface area contributed by atoms with E-state index in [1.54, 1.807) is 0 Å². The third-order valence-corrected chi connectivity index (χ3v) is 4.50. The molecule has 1 aromatic heterocycles. The molecule has 1 saturated carbocycles. The normalized spacial score (nSPS) is 13.4. The smallest absolute Gasteiger partial charge is 0.262 e. The Hall–Kier alpha value is -3.22. The number of hydrogen-bond acceptors (Lipinski definition) is 5. The molecule has 0 aliphatic heterocycles. The molecule has 0 spiro atoms. The third-order valence-electron chi connectivity index (χ3n) is 4.50. The molecule has 0 radical (unpaired) electrons. The van der Waals surface area contributed by atoms with Crippen molar-refractivity contribution in [3.05, 3.63) is 54.1 Å². The van der Waals surface area contributed by atoms with Crippen molar-refractivity contribution in [2.75, 3.05) is 11.9 Å². The fraction of sp³-hybridized carbons (Fsp3) is 0.300. The summed E-state index contributed by atoms with van der Waals surface area (Å²) in [5.41, 5.74) is 2.65.